The summed E-state index contributed by atoms with van der Waals surface area (Å²) in [4.78, 5) is 38.5. The predicted molar refractivity (Wildman–Crippen MR) is 169 cm³/mol. The molecule has 8 nitrogen and oxygen atoms in total. The number of rotatable bonds is 14. The van der Waals surface area contributed by atoms with Crippen LogP contribution < -0.4 is 10.0 Å². The van der Waals surface area contributed by atoms with Crippen molar-refractivity contribution in [3.8, 4) is 11.1 Å². The fraction of sp³-hybridized carbons (Fsp3) is 0.323. The largest absolute Gasteiger partial charge is 0.355 e. The van der Waals surface area contributed by atoms with Gasteiger partial charge < -0.3 is 10.2 Å². The van der Waals surface area contributed by atoms with E-state index in [1.54, 1.807) is 41.3 Å². The highest BCUT2D eigenvalue weighted by atomic mass is 35.5. The fourth-order valence-electron chi connectivity index (χ4n) is 4.44. The van der Waals surface area contributed by atoms with Gasteiger partial charge in [-0.05, 0) is 36.1 Å². The Kier molecular flexibility index (Phi) is 12.4. The third-order valence-electron chi connectivity index (χ3n) is 6.43. The minimum atomic E-state index is -4.10. The molecule has 0 spiro atoms. The number of carbonyl (C=O) groups excluding carboxylic acids is 3. The first-order valence-corrected chi connectivity index (χ1v) is 16.1. The molecular weight excluding hydrogens is 594 g/mol. The van der Waals surface area contributed by atoms with Crippen molar-refractivity contribution in [2.24, 2.45) is 0 Å². The molecule has 3 aromatic carbocycles. The molecule has 42 heavy (non-hydrogen) atoms. The Morgan fingerprint density at radius 2 is 1.62 bits per heavy atom. The Labute approximate surface area is 258 Å². The monoisotopic (exact) mass is 629 g/mol. The molecule has 3 aromatic rings. The first-order chi connectivity index (χ1) is 20.0. The van der Waals surface area contributed by atoms with Crippen molar-refractivity contribution in [3.05, 3.63) is 88.9 Å². The van der Waals surface area contributed by atoms with Crippen LogP contribution in [0.2, 0.25) is 5.02 Å². The fourth-order valence-corrected chi connectivity index (χ4v) is 6.26. The van der Waals surface area contributed by atoms with Gasteiger partial charge in [0.1, 0.15) is 0 Å². The van der Waals surface area contributed by atoms with Crippen molar-refractivity contribution in [3.63, 3.8) is 0 Å². The van der Waals surface area contributed by atoms with Crippen LogP contribution >= 0.6 is 24.2 Å². The Balaban J connectivity index is 1.68. The second-order valence-corrected chi connectivity index (χ2v) is 12.7. The van der Waals surface area contributed by atoms with E-state index in [0.717, 1.165) is 24.5 Å². The quantitative estimate of drug-likeness (QED) is 0.217. The van der Waals surface area contributed by atoms with Gasteiger partial charge in [-0.3, -0.25) is 14.4 Å². The number of hydrogen-bond acceptors (Lipinski definition) is 6. The van der Waals surface area contributed by atoms with Gasteiger partial charge in [-0.25, -0.2) is 13.1 Å². The third-order valence-corrected chi connectivity index (χ3v) is 8.60. The van der Waals surface area contributed by atoms with Crippen LogP contribution in [0.4, 0.5) is 0 Å². The van der Waals surface area contributed by atoms with Gasteiger partial charge in [0, 0.05) is 60.8 Å². The second-order valence-electron chi connectivity index (χ2n) is 9.93. The molecule has 0 saturated heterocycles. The lowest BCUT2D eigenvalue weighted by atomic mass is 10.0. The van der Waals surface area contributed by atoms with Crippen LogP contribution in [0.3, 0.4) is 0 Å². The summed E-state index contributed by atoms with van der Waals surface area (Å²) in [5.74, 6) is -0.940. The predicted octanol–water partition coefficient (Wildman–Crippen LogP) is 5.01. The molecule has 0 aliphatic carbocycles. The molecule has 0 heterocycles. The summed E-state index contributed by atoms with van der Waals surface area (Å²) >= 11 is 11.2. The van der Waals surface area contributed by atoms with Gasteiger partial charge in [0.2, 0.25) is 17.7 Å². The number of nitrogens with one attached hydrogen (secondary N) is 2. The molecule has 0 unspecified atom stereocenters. The zero-order valence-corrected chi connectivity index (χ0v) is 26.1. The van der Waals surface area contributed by atoms with Crippen molar-refractivity contribution in [1.82, 2.24) is 14.9 Å². The molecule has 0 aliphatic rings. The topological polar surface area (TPSA) is 113 Å². The molecule has 3 rings (SSSR count). The van der Waals surface area contributed by atoms with Crippen LogP contribution in [0, 0.1) is 0 Å². The van der Waals surface area contributed by atoms with Crippen molar-refractivity contribution < 1.29 is 22.8 Å². The summed E-state index contributed by atoms with van der Waals surface area (Å²) < 4.78 is 27.5. The molecule has 3 amide bonds. The maximum Gasteiger partial charge on any atom is 0.264 e. The van der Waals surface area contributed by atoms with Gasteiger partial charge in [-0.1, -0.05) is 79.2 Å². The standard InChI is InChI=1S/C31H36ClN3O5S2/c1-3-9-31(38)35(17-16-30(37)33-20-25(41)18-23-10-5-4-6-11-23)21-24-14-15-26(28(32)19-24)27-12-7-8-13-29(27)42(39,40)34-22(2)36/h4-8,10-15,19,25,41H,3,9,16-18,20-21H2,1-2H3,(H,33,37)(H,34,36)/t25-/m1/s1. The van der Waals surface area contributed by atoms with E-state index < -0.39 is 15.9 Å². The number of nitrogens with zero attached hydrogens (tertiary/aromatic N) is 1. The van der Waals surface area contributed by atoms with E-state index in [4.69, 9.17) is 11.6 Å². The first kappa shape index (κ1) is 33.2. The van der Waals surface area contributed by atoms with Crippen molar-refractivity contribution in [2.75, 3.05) is 13.1 Å². The highest BCUT2D eigenvalue weighted by Crippen LogP contribution is 2.33. The molecule has 11 heteroatoms. The summed E-state index contributed by atoms with van der Waals surface area (Å²) in [6, 6.07) is 21.3. The Morgan fingerprint density at radius 3 is 2.29 bits per heavy atom. The molecule has 0 bridgehead atoms. The summed E-state index contributed by atoms with van der Waals surface area (Å²) in [6.07, 6.45) is 1.88. The van der Waals surface area contributed by atoms with Crippen LogP contribution in [0.15, 0.2) is 77.7 Å². The third kappa shape index (κ3) is 9.89. The lowest BCUT2D eigenvalue weighted by molar-refractivity contribution is -0.132. The van der Waals surface area contributed by atoms with Gasteiger partial charge in [-0.15, -0.1) is 0 Å². The van der Waals surface area contributed by atoms with E-state index in [2.05, 4.69) is 17.9 Å². The lowest BCUT2D eigenvalue weighted by Gasteiger charge is -2.23. The molecule has 224 valence electrons. The van der Waals surface area contributed by atoms with Gasteiger partial charge in [0.25, 0.3) is 10.0 Å². The summed E-state index contributed by atoms with van der Waals surface area (Å²) in [6.45, 7) is 3.93. The molecular formula is C31H36ClN3O5S2. The van der Waals surface area contributed by atoms with Crippen LogP contribution in [-0.2, 0) is 37.4 Å². The Hall–Kier alpha value is -3.34. The summed E-state index contributed by atoms with van der Waals surface area (Å²) in [7, 11) is -4.10. The number of carbonyl (C=O) groups is 3. The summed E-state index contributed by atoms with van der Waals surface area (Å²) in [5.41, 5.74) is 2.68. The van der Waals surface area contributed by atoms with E-state index >= 15 is 0 Å². The molecule has 0 saturated carbocycles. The highest BCUT2D eigenvalue weighted by Gasteiger charge is 2.22. The molecule has 0 aliphatic heterocycles. The molecule has 0 radical (unpaired) electrons. The van der Waals surface area contributed by atoms with E-state index in [0.29, 0.717) is 30.5 Å². The van der Waals surface area contributed by atoms with Crippen LogP contribution in [-0.4, -0.2) is 49.4 Å². The van der Waals surface area contributed by atoms with E-state index in [1.165, 1.54) is 6.07 Å². The van der Waals surface area contributed by atoms with Gasteiger partial charge in [0.05, 0.1) is 4.90 Å². The summed E-state index contributed by atoms with van der Waals surface area (Å²) in [5, 5.41) is 3.16. The maximum absolute atomic E-state index is 12.9. The molecule has 2 N–H and O–H groups in total. The Morgan fingerprint density at radius 1 is 0.929 bits per heavy atom. The normalized spacial score (nSPS) is 11.9. The number of thiol groups is 1. The molecule has 1 atom stereocenters. The second kappa shape index (κ2) is 15.8. The van der Waals surface area contributed by atoms with Gasteiger partial charge in [0.15, 0.2) is 0 Å². The Bertz CT molecular complexity index is 1500. The van der Waals surface area contributed by atoms with Crippen molar-refractivity contribution in [2.45, 2.75) is 56.2 Å². The number of amides is 3. The lowest BCUT2D eigenvalue weighted by Crippen LogP contribution is -2.36. The van der Waals surface area contributed by atoms with Crippen molar-refractivity contribution >= 4 is 52.0 Å². The number of halogens is 1. The van der Waals surface area contributed by atoms with E-state index in [-0.39, 0.29) is 46.5 Å². The van der Waals surface area contributed by atoms with Gasteiger partial charge in [-0.2, -0.15) is 12.6 Å². The number of hydrogen-bond donors (Lipinski definition) is 3. The van der Waals surface area contributed by atoms with E-state index in [9.17, 15) is 22.8 Å². The van der Waals surface area contributed by atoms with Crippen LogP contribution in [0.1, 0.15) is 44.2 Å². The molecule has 0 aromatic heterocycles. The van der Waals surface area contributed by atoms with Gasteiger partial charge >= 0.3 is 0 Å². The average molecular weight is 630 g/mol. The van der Waals surface area contributed by atoms with Crippen LogP contribution in [0.5, 0.6) is 0 Å². The maximum atomic E-state index is 12.9. The molecule has 0 fully saturated rings. The number of sulfonamides is 1. The minimum Gasteiger partial charge on any atom is -0.355 e. The smallest absolute Gasteiger partial charge is 0.264 e. The zero-order valence-electron chi connectivity index (χ0n) is 23.7. The SMILES string of the molecule is CCCC(=O)N(CCC(=O)NC[C@H](S)Cc1ccccc1)Cc1ccc(-c2ccccc2S(=O)(=O)NC(C)=O)c(Cl)c1. The van der Waals surface area contributed by atoms with E-state index in [1.807, 2.05) is 42.0 Å². The average Bonchev–Trinajstić information content (AvgIpc) is 2.94. The highest BCUT2D eigenvalue weighted by molar-refractivity contribution is 7.90. The van der Waals surface area contributed by atoms with Crippen LogP contribution in [0.25, 0.3) is 11.1 Å². The first-order valence-electron chi connectivity index (χ1n) is 13.7. The van der Waals surface area contributed by atoms with Crippen molar-refractivity contribution in [1.29, 1.82) is 0 Å². The number of benzene rings is 3. The minimum absolute atomic E-state index is 0.0341. The zero-order chi connectivity index (χ0) is 30.7.